The van der Waals surface area contributed by atoms with Gasteiger partial charge in [0.1, 0.15) is 5.82 Å². The molecule has 3 aromatic rings. The van der Waals surface area contributed by atoms with Crippen LogP contribution in [0.4, 0.5) is 0 Å². The van der Waals surface area contributed by atoms with E-state index in [-0.39, 0.29) is 11.2 Å². The summed E-state index contributed by atoms with van der Waals surface area (Å²) in [6, 6.07) is 17.6. The van der Waals surface area contributed by atoms with Crippen molar-refractivity contribution in [1.29, 1.82) is 0 Å². The number of carbonyl (C=O) groups is 1. The smallest absolute Gasteiger partial charge is 0.233 e. The second-order valence-electron chi connectivity index (χ2n) is 6.86. The van der Waals surface area contributed by atoms with E-state index in [0.29, 0.717) is 17.5 Å². The van der Waals surface area contributed by atoms with Gasteiger partial charge in [0.05, 0.1) is 5.25 Å². The third-order valence-corrected chi connectivity index (χ3v) is 6.09. The third-order valence-electron chi connectivity index (χ3n) is 4.68. The summed E-state index contributed by atoms with van der Waals surface area (Å²) < 4.78 is 2.08. The van der Waals surface area contributed by atoms with E-state index < -0.39 is 0 Å². The first-order chi connectivity index (χ1) is 13.6. The van der Waals surface area contributed by atoms with Gasteiger partial charge >= 0.3 is 0 Å². The topological polar surface area (TPSA) is 59.8 Å². The molecule has 1 fully saturated rings. The molecule has 4 rings (SSSR count). The quantitative estimate of drug-likeness (QED) is 0.576. The van der Waals surface area contributed by atoms with Crippen LogP contribution in [0.5, 0.6) is 0 Å². The molecular weight excluding hydrogens is 392 g/mol. The molecule has 1 amide bonds. The Kier molecular flexibility index (Phi) is 5.69. The molecule has 1 aromatic heterocycles. The molecule has 1 aliphatic carbocycles. The van der Waals surface area contributed by atoms with Gasteiger partial charge in [0.25, 0.3) is 0 Å². The number of hydrogen-bond donors (Lipinski definition) is 1. The lowest BCUT2D eigenvalue weighted by Crippen LogP contribution is -2.30. The standard InChI is InChI=1S/C21H21ClN4OS/c1-14(20(27)23-13-16-7-5-6-10-18(16)22)28-21-25-24-19(15-11-12-15)26(21)17-8-3-2-4-9-17/h2-10,14-15H,11-13H2,1H3,(H,23,27)/t14-/m0/s1. The van der Waals surface area contributed by atoms with Crippen LogP contribution >= 0.6 is 23.4 Å². The maximum absolute atomic E-state index is 12.6. The van der Waals surface area contributed by atoms with Crippen molar-refractivity contribution in [3.8, 4) is 5.69 Å². The van der Waals surface area contributed by atoms with Crippen LogP contribution in [-0.4, -0.2) is 25.9 Å². The maximum atomic E-state index is 12.6. The van der Waals surface area contributed by atoms with Crippen molar-refractivity contribution in [3.63, 3.8) is 0 Å². The molecule has 0 saturated heterocycles. The normalized spacial score (nSPS) is 14.6. The molecule has 0 bridgehead atoms. The second kappa shape index (κ2) is 8.37. The SMILES string of the molecule is C[C@H](Sc1nnc(C2CC2)n1-c1ccccc1)C(=O)NCc1ccccc1Cl. The number of halogens is 1. The summed E-state index contributed by atoms with van der Waals surface area (Å²) in [5.74, 6) is 1.39. The van der Waals surface area contributed by atoms with Crippen LogP contribution in [0.25, 0.3) is 5.69 Å². The minimum Gasteiger partial charge on any atom is -0.351 e. The number of nitrogens with one attached hydrogen (secondary N) is 1. The molecule has 0 aliphatic heterocycles. The van der Waals surface area contributed by atoms with Crippen molar-refractivity contribution in [2.75, 3.05) is 0 Å². The van der Waals surface area contributed by atoms with Crippen LogP contribution in [-0.2, 0) is 11.3 Å². The van der Waals surface area contributed by atoms with E-state index in [1.807, 2.05) is 61.5 Å². The van der Waals surface area contributed by atoms with Gasteiger partial charge < -0.3 is 5.32 Å². The molecule has 1 aliphatic rings. The lowest BCUT2D eigenvalue weighted by molar-refractivity contribution is -0.120. The first-order valence-electron chi connectivity index (χ1n) is 9.32. The Labute approximate surface area is 173 Å². The summed E-state index contributed by atoms with van der Waals surface area (Å²) >= 11 is 7.59. The fraction of sp³-hybridized carbons (Fsp3) is 0.286. The molecule has 2 aromatic carbocycles. The highest BCUT2D eigenvalue weighted by Crippen LogP contribution is 2.41. The number of thioether (sulfide) groups is 1. The van der Waals surface area contributed by atoms with Gasteiger partial charge in [-0.1, -0.05) is 59.8 Å². The average Bonchev–Trinajstić information content (AvgIpc) is 3.48. The number of amides is 1. The van der Waals surface area contributed by atoms with E-state index in [4.69, 9.17) is 11.6 Å². The largest absolute Gasteiger partial charge is 0.351 e. The van der Waals surface area contributed by atoms with Crippen molar-refractivity contribution in [3.05, 3.63) is 71.0 Å². The fourth-order valence-corrected chi connectivity index (χ4v) is 4.06. The van der Waals surface area contributed by atoms with Crippen molar-refractivity contribution in [1.82, 2.24) is 20.1 Å². The minimum atomic E-state index is -0.304. The predicted octanol–water partition coefficient (Wildman–Crippen LogP) is 4.60. The van der Waals surface area contributed by atoms with E-state index in [1.165, 1.54) is 11.8 Å². The van der Waals surface area contributed by atoms with Gasteiger partial charge in [0, 0.05) is 23.2 Å². The predicted molar refractivity (Wildman–Crippen MR) is 112 cm³/mol. The molecule has 1 atom stereocenters. The summed E-state index contributed by atoms with van der Waals surface area (Å²) in [7, 11) is 0. The second-order valence-corrected chi connectivity index (χ2v) is 8.57. The monoisotopic (exact) mass is 412 g/mol. The minimum absolute atomic E-state index is 0.0551. The van der Waals surface area contributed by atoms with Gasteiger partial charge in [0.15, 0.2) is 5.16 Å². The Morgan fingerprint density at radius 2 is 1.89 bits per heavy atom. The van der Waals surface area contributed by atoms with Crippen molar-refractivity contribution in [2.45, 2.75) is 42.6 Å². The summed E-state index contributed by atoms with van der Waals surface area (Å²) in [6.07, 6.45) is 2.28. The molecule has 7 heteroatoms. The highest BCUT2D eigenvalue weighted by Gasteiger charge is 2.31. The molecule has 1 N–H and O–H groups in total. The molecule has 0 spiro atoms. The number of nitrogens with zero attached hydrogens (tertiary/aromatic N) is 3. The molecule has 28 heavy (non-hydrogen) atoms. The van der Waals surface area contributed by atoms with Crippen molar-refractivity contribution in [2.24, 2.45) is 0 Å². The van der Waals surface area contributed by atoms with Crippen LogP contribution in [0.1, 0.15) is 37.1 Å². The lowest BCUT2D eigenvalue weighted by atomic mass is 10.2. The van der Waals surface area contributed by atoms with Crippen LogP contribution in [0.2, 0.25) is 5.02 Å². The van der Waals surface area contributed by atoms with Gasteiger partial charge in [-0.15, -0.1) is 10.2 Å². The molecule has 0 unspecified atom stereocenters. The number of aromatic nitrogens is 3. The Morgan fingerprint density at radius 3 is 2.61 bits per heavy atom. The average molecular weight is 413 g/mol. The van der Waals surface area contributed by atoms with Crippen LogP contribution < -0.4 is 5.32 Å². The van der Waals surface area contributed by atoms with E-state index >= 15 is 0 Å². The number of benzene rings is 2. The Bertz CT molecular complexity index is 972. The van der Waals surface area contributed by atoms with Crippen LogP contribution in [0.15, 0.2) is 59.8 Å². The number of para-hydroxylation sites is 1. The zero-order chi connectivity index (χ0) is 19.5. The zero-order valence-corrected chi connectivity index (χ0v) is 17.1. The summed E-state index contributed by atoms with van der Waals surface area (Å²) in [6.45, 7) is 2.29. The molecule has 1 heterocycles. The highest BCUT2D eigenvalue weighted by atomic mass is 35.5. The maximum Gasteiger partial charge on any atom is 0.233 e. The van der Waals surface area contributed by atoms with Gasteiger partial charge in [-0.2, -0.15) is 0 Å². The molecule has 5 nitrogen and oxygen atoms in total. The Morgan fingerprint density at radius 1 is 1.18 bits per heavy atom. The van der Waals surface area contributed by atoms with Crippen molar-refractivity contribution >= 4 is 29.3 Å². The molecule has 1 saturated carbocycles. The summed E-state index contributed by atoms with van der Waals surface area (Å²) in [5, 5.41) is 12.9. The van der Waals surface area contributed by atoms with E-state index in [0.717, 1.165) is 35.1 Å². The van der Waals surface area contributed by atoms with Gasteiger partial charge in [-0.25, -0.2) is 0 Å². The van der Waals surface area contributed by atoms with Crippen molar-refractivity contribution < 1.29 is 4.79 Å². The summed E-state index contributed by atoms with van der Waals surface area (Å²) in [4.78, 5) is 12.6. The van der Waals surface area contributed by atoms with E-state index in [9.17, 15) is 4.79 Å². The van der Waals surface area contributed by atoms with Gasteiger partial charge in [-0.3, -0.25) is 9.36 Å². The number of rotatable bonds is 7. The molecule has 0 radical (unpaired) electrons. The summed E-state index contributed by atoms with van der Waals surface area (Å²) in [5.41, 5.74) is 1.93. The first-order valence-corrected chi connectivity index (χ1v) is 10.6. The highest BCUT2D eigenvalue weighted by molar-refractivity contribution is 8.00. The van der Waals surface area contributed by atoms with Crippen LogP contribution in [0.3, 0.4) is 0 Å². The first kappa shape index (κ1) is 19.0. The molecule has 144 valence electrons. The Hall–Kier alpha value is -2.31. The Balaban J connectivity index is 1.48. The van der Waals surface area contributed by atoms with Crippen LogP contribution in [0, 0.1) is 0 Å². The lowest BCUT2D eigenvalue weighted by Gasteiger charge is -2.14. The van der Waals surface area contributed by atoms with Gasteiger partial charge in [-0.05, 0) is 43.5 Å². The third kappa shape index (κ3) is 4.23. The number of carbonyl (C=O) groups excluding carboxylic acids is 1. The zero-order valence-electron chi connectivity index (χ0n) is 15.5. The van der Waals surface area contributed by atoms with E-state index in [1.54, 1.807) is 0 Å². The van der Waals surface area contributed by atoms with Gasteiger partial charge in [0.2, 0.25) is 5.91 Å². The fourth-order valence-electron chi connectivity index (χ4n) is 2.96. The molecular formula is C21H21ClN4OS. The van der Waals surface area contributed by atoms with E-state index in [2.05, 4.69) is 20.1 Å². The number of hydrogen-bond acceptors (Lipinski definition) is 4.